The van der Waals surface area contributed by atoms with Crippen LogP contribution in [0.3, 0.4) is 0 Å². The van der Waals surface area contributed by atoms with E-state index < -0.39 is 15.6 Å². The van der Waals surface area contributed by atoms with E-state index in [1.54, 1.807) is 45.0 Å². The summed E-state index contributed by atoms with van der Waals surface area (Å²) in [4.78, 5) is 12.3. The number of benzene rings is 1. The fraction of sp³-hybridized carbons (Fsp3) is 0.611. The van der Waals surface area contributed by atoms with Gasteiger partial charge in [0.1, 0.15) is 0 Å². The average Bonchev–Trinajstić information content (AvgIpc) is 3.02. The third-order valence-electron chi connectivity index (χ3n) is 4.12. The Hall–Kier alpha value is -1.44. The highest BCUT2D eigenvalue weighted by Gasteiger charge is 2.24. The Morgan fingerprint density at radius 3 is 2.64 bits per heavy atom. The van der Waals surface area contributed by atoms with Crippen molar-refractivity contribution in [1.82, 2.24) is 15.4 Å². The van der Waals surface area contributed by atoms with E-state index in [0.717, 1.165) is 25.9 Å². The third-order valence-corrected chi connectivity index (χ3v) is 5.98. The van der Waals surface area contributed by atoms with Gasteiger partial charge in [0.2, 0.25) is 15.9 Å². The van der Waals surface area contributed by atoms with Gasteiger partial charge in [-0.1, -0.05) is 18.2 Å². The van der Waals surface area contributed by atoms with Gasteiger partial charge in [-0.2, -0.15) is 0 Å². The van der Waals surface area contributed by atoms with Gasteiger partial charge < -0.3 is 10.6 Å². The van der Waals surface area contributed by atoms with Gasteiger partial charge in [0, 0.05) is 18.5 Å². The van der Waals surface area contributed by atoms with E-state index in [4.69, 9.17) is 0 Å². The Morgan fingerprint density at radius 1 is 1.28 bits per heavy atom. The quantitative estimate of drug-likeness (QED) is 0.685. The zero-order chi connectivity index (χ0) is 18.5. The lowest BCUT2D eigenvalue weighted by Crippen LogP contribution is -2.41. The summed E-state index contributed by atoms with van der Waals surface area (Å²) in [5.41, 5.74) is 0.0277. The summed E-state index contributed by atoms with van der Waals surface area (Å²) < 4.78 is 27.8. The van der Waals surface area contributed by atoms with Crippen molar-refractivity contribution in [3.63, 3.8) is 0 Å². The summed E-state index contributed by atoms with van der Waals surface area (Å²) in [6.07, 6.45) is 2.46. The van der Waals surface area contributed by atoms with Crippen molar-refractivity contribution in [3.8, 4) is 0 Å². The van der Waals surface area contributed by atoms with Crippen molar-refractivity contribution in [1.29, 1.82) is 0 Å². The van der Waals surface area contributed by atoms with Crippen LogP contribution in [-0.2, 0) is 21.4 Å². The predicted octanol–water partition coefficient (Wildman–Crippen LogP) is 1.77. The van der Waals surface area contributed by atoms with Gasteiger partial charge in [-0.3, -0.25) is 4.79 Å². The number of hydrogen-bond donors (Lipinski definition) is 3. The number of hydrogen-bond acceptors (Lipinski definition) is 4. The highest BCUT2D eigenvalue weighted by atomic mass is 32.2. The summed E-state index contributed by atoms with van der Waals surface area (Å²) in [7, 11) is -3.63. The third kappa shape index (κ3) is 6.41. The van der Waals surface area contributed by atoms with Gasteiger partial charge in [0.05, 0.1) is 4.90 Å². The number of sulfonamides is 1. The molecule has 1 aliphatic heterocycles. The van der Waals surface area contributed by atoms with Gasteiger partial charge >= 0.3 is 0 Å². The van der Waals surface area contributed by atoms with Crippen LogP contribution in [-0.4, -0.2) is 33.0 Å². The molecular weight excluding hydrogens is 338 g/mol. The van der Waals surface area contributed by atoms with Gasteiger partial charge in [0.15, 0.2) is 0 Å². The molecule has 1 aliphatic rings. The fourth-order valence-electron chi connectivity index (χ4n) is 2.95. The first-order valence-corrected chi connectivity index (χ1v) is 10.2. The second kappa shape index (κ2) is 8.29. The summed E-state index contributed by atoms with van der Waals surface area (Å²) in [5, 5.41) is 6.14. The van der Waals surface area contributed by atoms with Gasteiger partial charge in [-0.15, -0.1) is 0 Å². The molecule has 3 N–H and O–H groups in total. The van der Waals surface area contributed by atoms with Crippen molar-refractivity contribution >= 4 is 15.9 Å². The highest BCUT2D eigenvalue weighted by Crippen LogP contribution is 2.18. The molecule has 1 aromatic carbocycles. The molecule has 1 unspecified atom stereocenters. The fourth-order valence-corrected chi connectivity index (χ4v) is 4.61. The van der Waals surface area contributed by atoms with E-state index in [9.17, 15) is 13.2 Å². The molecule has 7 heteroatoms. The molecule has 6 nitrogen and oxygen atoms in total. The van der Waals surface area contributed by atoms with Crippen LogP contribution in [0.15, 0.2) is 29.2 Å². The van der Waals surface area contributed by atoms with Crippen molar-refractivity contribution in [2.24, 2.45) is 5.92 Å². The smallest absolute Gasteiger partial charge is 0.241 e. The molecule has 0 saturated carbocycles. The summed E-state index contributed by atoms with van der Waals surface area (Å²) >= 11 is 0. The largest absolute Gasteiger partial charge is 0.352 e. The SMILES string of the molecule is CC(C)(C)NS(=O)(=O)c1ccccc1CNC(=O)CCC1CCNC1. The number of rotatable bonds is 7. The Labute approximate surface area is 150 Å². The Balaban J connectivity index is 1.97. The standard InChI is InChI=1S/C18H29N3O3S/c1-18(2,3)21-25(23,24)16-7-5-4-6-15(16)13-20-17(22)9-8-14-10-11-19-12-14/h4-7,14,19,21H,8-13H2,1-3H3,(H,20,22). The number of nitrogens with one attached hydrogen (secondary N) is 3. The van der Waals surface area contributed by atoms with Crippen molar-refractivity contribution < 1.29 is 13.2 Å². The average molecular weight is 368 g/mol. The second-order valence-corrected chi connectivity index (χ2v) is 9.29. The molecule has 0 radical (unpaired) electrons. The van der Waals surface area contributed by atoms with Crippen LogP contribution < -0.4 is 15.4 Å². The van der Waals surface area contributed by atoms with Crippen LogP contribution in [0.25, 0.3) is 0 Å². The first-order chi connectivity index (χ1) is 11.7. The summed E-state index contributed by atoms with van der Waals surface area (Å²) in [6.45, 7) is 7.61. The molecular formula is C18H29N3O3S. The Morgan fingerprint density at radius 2 is 2.00 bits per heavy atom. The Bertz CT molecular complexity index is 690. The topological polar surface area (TPSA) is 87.3 Å². The molecule has 1 amide bonds. The molecule has 0 spiro atoms. The van der Waals surface area contributed by atoms with Crippen LogP contribution in [0.4, 0.5) is 0 Å². The van der Waals surface area contributed by atoms with E-state index in [0.29, 0.717) is 17.9 Å². The summed E-state index contributed by atoms with van der Waals surface area (Å²) in [6, 6.07) is 6.77. The molecule has 140 valence electrons. The van der Waals surface area contributed by atoms with E-state index in [-0.39, 0.29) is 17.3 Å². The summed E-state index contributed by atoms with van der Waals surface area (Å²) in [5.74, 6) is 0.525. The molecule has 1 aromatic rings. The molecule has 0 aromatic heterocycles. The number of carbonyl (C=O) groups excluding carboxylic acids is 1. The van der Waals surface area contributed by atoms with Gasteiger partial charge in [-0.25, -0.2) is 13.1 Å². The van der Waals surface area contributed by atoms with Gasteiger partial charge in [-0.05, 0) is 64.3 Å². The van der Waals surface area contributed by atoms with E-state index in [1.165, 1.54) is 0 Å². The lowest BCUT2D eigenvalue weighted by atomic mass is 10.0. The zero-order valence-electron chi connectivity index (χ0n) is 15.3. The Kier molecular flexibility index (Phi) is 6.59. The second-order valence-electron chi connectivity index (χ2n) is 7.64. The monoisotopic (exact) mass is 367 g/mol. The van der Waals surface area contributed by atoms with Crippen molar-refractivity contribution in [3.05, 3.63) is 29.8 Å². The van der Waals surface area contributed by atoms with Crippen LogP contribution in [0.2, 0.25) is 0 Å². The van der Waals surface area contributed by atoms with Crippen LogP contribution in [0.5, 0.6) is 0 Å². The molecule has 1 saturated heterocycles. The van der Waals surface area contributed by atoms with Crippen molar-refractivity contribution in [2.75, 3.05) is 13.1 Å². The number of carbonyl (C=O) groups is 1. The maximum atomic E-state index is 12.6. The minimum Gasteiger partial charge on any atom is -0.352 e. The lowest BCUT2D eigenvalue weighted by Gasteiger charge is -2.21. The van der Waals surface area contributed by atoms with Crippen LogP contribution >= 0.6 is 0 Å². The molecule has 1 heterocycles. The number of amides is 1. The van der Waals surface area contributed by atoms with Gasteiger partial charge in [0.25, 0.3) is 0 Å². The van der Waals surface area contributed by atoms with E-state index >= 15 is 0 Å². The van der Waals surface area contributed by atoms with E-state index in [2.05, 4.69) is 15.4 Å². The minimum absolute atomic E-state index is 0.0390. The predicted molar refractivity (Wildman–Crippen MR) is 98.6 cm³/mol. The van der Waals surface area contributed by atoms with E-state index in [1.807, 2.05) is 0 Å². The molecule has 1 fully saturated rings. The van der Waals surface area contributed by atoms with Crippen LogP contribution in [0, 0.1) is 5.92 Å². The van der Waals surface area contributed by atoms with Crippen LogP contribution in [0.1, 0.15) is 45.6 Å². The highest BCUT2D eigenvalue weighted by molar-refractivity contribution is 7.89. The molecule has 2 rings (SSSR count). The van der Waals surface area contributed by atoms with Crippen molar-refractivity contribution in [2.45, 2.75) is 57.0 Å². The normalized spacial score (nSPS) is 18.3. The molecule has 0 aliphatic carbocycles. The molecule has 25 heavy (non-hydrogen) atoms. The maximum absolute atomic E-state index is 12.6. The maximum Gasteiger partial charge on any atom is 0.241 e. The zero-order valence-corrected chi connectivity index (χ0v) is 16.1. The molecule has 1 atom stereocenters. The first-order valence-electron chi connectivity index (χ1n) is 8.77. The lowest BCUT2D eigenvalue weighted by molar-refractivity contribution is -0.121. The molecule has 0 bridgehead atoms. The first kappa shape index (κ1) is 19.9. The minimum atomic E-state index is -3.63.